The van der Waals surface area contributed by atoms with Crippen LogP contribution < -0.4 is 5.73 Å². The first-order chi connectivity index (χ1) is 9.36. The number of hydrogen-bond donors (Lipinski definition) is 1. The third kappa shape index (κ3) is 3.74. The SMILES string of the molecule is CN(Cc1cccs1)Cc1ccc(N)cc1C(F)(F)F. The van der Waals surface area contributed by atoms with E-state index in [1.54, 1.807) is 18.4 Å². The van der Waals surface area contributed by atoms with Gasteiger partial charge in [-0.1, -0.05) is 12.1 Å². The lowest BCUT2D eigenvalue weighted by Gasteiger charge is -2.19. The molecule has 0 aliphatic heterocycles. The summed E-state index contributed by atoms with van der Waals surface area (Å²) in [6.07, 6.45) is -4.38. The Balaban J connectivity index is 2.16. The minimum absolute atomic E-state index is 0.127. The molecule has 108 valence electrons. The molecule has 0 saturated carbocycles. The summed E-state index contributed by atoms with van der Waals surface area (Å²) in [6.45, 7) is 0.854. The number of anilines is 1. The van der Waals surface area contributed by atoms with Crippen LogP contribution in [0.4, 0.5) is 18.9 Å². The molecular weight excluding hydrogens is 285 g/mol. The van der Waals surface area contributed by atoms with Crippen LogP contribution >= 0.6 is 11.3 Å². The van der Waals surface area contributed by atoms with Gasteiger partial charge in [0.15, 0.2) is 0 Å². The van der Waals surface area contributed by atoms with Crippen LogP contribution in [0.1, 0.15) is 16.0 Å². The number of thiophene rings is 1. The number of nitrogens with two attached hydrogens (primary N) is 1. The predicted molar refractivity (Wildman–Crippen MR) is 75.3 cm³/mol. The summed E-state index contributed by atoms with van der Waals surface area (Å²) in [6, 6.07) is 7.84. The van der Waals surface area contributed by atoms with Crippen LogP contribution in [0.5, 0.6) is 0 Å². The van der Waals surface area contributed by atoms with Gasteiger partial charge in [-0.05, 0) is 36.2 Å². The lowest BCUT2D eigenvalue weighted by atomic mass is 10.1. The Hall–Kier alpha value is -1.53. The summed E-state index contributed by atoms with van der Waals surface area (Å²) in [5.41, 5.74) is 5.16. The van der Waals surface area contributed by atoms with Crippen LogP contribution in [-0.4, -0.2) is 11.9 Å². The highest BCUT2D eigenvalue weighted by atomic mass is 32.1. The van der Waals surface area contributed by atoms with Gasteiger partial charge in [0, 0.05) is 23.7 Å². The van der Waals surface area contributed by atoms with Crippen LogP contribution in [0, 0.1) is 0 Å². The number of rotatable bonds is 4. The van der Waals surface area contributed by atoms with Gasteiger partial charge in [0.25, 0.3) is 0 Å². The largest absolute Gasteiger partial charge is 0.416 e. The minimum atomic E-state index is -4.38. The summed E-state index contributed by atoms with van der Waals surface area (Å²) < 4.78 is 39.0. The average Bonchev–Trinajstić information content (AvgIpc) is 2.82. The molecule has 1 aromatic heterocycles. The van der Waals surface area contributed by atoms with Crippen molar-refractivity contribution in [2.75, 3.05) is 12.8 Å². The summed E-state index contributed by atoms with van der Waals surface area (Å²) in [4.78, 5) is 2.98. The molecule has 1 aromatic carbocycles. The van der Waals surface area contributed by atoms with Crippen LogP contribution in [0.25, 0.3) is 0 Å². The predicted octanol–water partition coefficient (Wildman–Crippen LogP) is 3.98. The number of halogens is 3. The molecule has 20 heavy (non-hydrogen) atoms. The van der Waals surface area contributed by atoms with E-state index in [4.69, 9.17) is 5.73 Å². The molecule has 6 heteroatoms. The van der Waals surface area contributed by atoms with Crippen molar-refractivity contribution in [3.8, 4) is 0 Å². The summed E-state index contributed by atoms with van der Waals surface area (Å²) >= 11 is 1.59. The number of nitrogen functional groups attached to an aromatic ring is 1. The number of alkyl halides is 3. The van der Waals surface area contributed by atoms with E-state index in [0.717, 1.165) is 10.9 Å². The molecule has 2 nitrogen and oxygen atoms in total. The number of hydrogen-bond acceptors (Lipinski definition) is 3. The highest BCUT2D eigenvalue weighted by Gasteiger charge is 2.33. The van der Waals surface area contributed by atoms with Crippen LogP contribution in [-0.2, 0) is 19.3 Å². The first kappa shape index (κ1) is 14.9. The lowest BCUT2D eigenvalue weighted by Crippen LogP contribution is -2.20. The van der Waals surface area contributed by atoms with Gasteiger partial charge in [0.2, 0.25) is 0 Å². The lowest BCUT2D eigenvalue weighted by molar-refractivity contribution is -0.138. The van der Waals surface area contributed by atoms with Crippen molar-refractivity contribution in [1.29, 1.82) is 0 Å². The normalized spacial score (nSPS) is 12.1. The van der Waals surface area contributed by atoms with E-state index in [1.165, 1.54) is 12.1 Å². The fourth-order valence-corrected chi connectivity index (χ4v) is 2.80. The standard InChI is InChI=1S/C14H15F3N2S/c1-19(9-12-3-2-6-20-12)8-10-4-5-11(18)7-13(10)14(15,16)17/h2-7H,8-9,18H2,1H3. The maximum absolute atomic E-state index is 13.0. The van der Waals surface area contributed by atoms with Crippen molar-refractivity contribution in [2.24, 2.45) is 0 Å². The molecule has 1 heterocycles. The Bertz CT molecular complexity index is 564. The van der Waals surface area contributed by atoms with Crippen LogP contribution in [0.3, 0.4) is 0 Å². The van der Waals surface area contributed by atoms with E-state index in [0.29, 0.717) is 6.54 Å². The van der Waals surface area contributed by atoms with E-state index in [2.05, 4.69) is 0 Å². The highest BCUT2D eigenvalue weighted by Crippen LogP contribution is 2.33. The number of benzene rings is 1. The van der Waals surface area contributed by atoms with Crippen molar-refractivity contribution in [1.82, 2.24) is 4.90 Å². The molecule has 0 fully saturated rings. The van der Waals surface area contributed by atoms with Crippen molar-refractivity contribution in [3.05, 3.63) is 51.7 Å². The summed E-state index contributed by atoms with van der Waals surface area (Å²) in [5, 5.41) is 1.95. The van der Waals surface area contributed by atoms with Gasteiger partial charge >= 0.3 is 6.18 Å². The Morgan fingerprint density at radius 2 is 1.95 bits per heavy atom. The quantitative estimate of drug-likeness (QED) is 0.865. The van der Waals surface area contributed by atoms with Gasteiger partial charge in [0.1, 0.15) is 0 Å². The maximum atomic E-state index is 13.0. The van der Waals surface area contributed by atoms with E-state index in [9.17, 15) is 13.2 Å². The molecule has 0 aliphatic rings. The molecular formula is C14H15F3N2S. The average molecular weight is 300 g/mol. The molecule has 0 spiro atoms. The molecule has 0 bridgehead atoms. The van der Waals surface area contributed by atoms with Crippen molar-refractivity contribution >= 4 is 17.0 Å². The first-order valence-corrected chi connectivity index (χ1v) is 6.91. The minimum Gasteiger partial charge on any atom is -0.399 e. The smallest absolute Gasteiger partial charge is 0.399 e. The van der Waals surface area contributed by atoms with Crippen LogP contribution in [0.2, 0.25) is 0 Å². The molecule has 0 radical (unpaired) electrons. The molecule has 2 N–H and O–H groups in total. The Morgan fingerprint density at radius 3 is 2.55 bits per heavy atom. The zero-order valence-corrected chi connectivity index (χ0v) is 11.8. The second-order valence-electron chi connectivity index (χ2n) is 4.67. The summed E-state index contributed by atoms with van der Waals surface area (Å²) in [7, 11) is 1.80. The molecule has 0 saturated heterocycles. The highest BCUT2D eigenvalue weighted by molar-refractivity contribution is 7.09. The second-order valence-corrected chi connectivity index (χ2v) is 5.70. The van der Waals surface area contributed by atoms with Gasteiger partial charge in [-0.3, -0.25) is 4.90 Å². The Labute approximate surface area is 119 Å². The van der Waals surface area contributed by atoms with Gasteiger partial charge in [0.05, 0.1) is 5.56 Å². The van der Waals surface area contributed by atoms with Crippen molar-refractivity contribution in [2.45, 2.75) is 19.3 Å². The maximum Gasteiger partial charge on any atom is 0.416 e. The Kier molecular flexibility index (Phi) is 4.35. The topological polar surface area (TPSA) is 29.3 Å². The van der Waals surface area contributed by atoms with Crippen LogP contribution in [0.15, 0.2) is 35.7 Å². The third-order valence-electron chi connectivity index (χ3n) is 2.89. The molecule has 2 aromatic rings. The number of nitrogens with zero attached hydrogens (tertiary/aromatic N) is 1. The van der Waals surface area contributed by atoms with Gasteiger partial charge in [-0.2, -0.15) is 13.2 Å². The first-order valence-electron chi connectivity index (χ1n) is 6.03. The fraction of sp³-hybridized carbons (Fsp3) is 0.286. The van der Waals surface area contributed by atoms with Gasteiger partial charge in [-0.15, -0.1) is 11.3 Å². The zero-order chi connectivity index (χ0) is 14.8. The fourth-order valence-electron chi connectivity index (χ4n) is 2.01. The van der Waals surface area contributed by atoms with Gasteiger partial charge in [-0.25, -0.2) is 0 Å². The molecule has 0 aliphatic carbocycles. The van der Waals surface area contributed by atoms with E-state index in [1.807, 2.05) is 22.4 Å². The zero-order valence-electron chi connectivity index (χ0n) is 10.9. The molecule has 0 atom stereocenters. The van der Waals surface area contributed by atoms with E-state index < -0.39 is 11.7 Å². The van der Waals surface area contributed by atoms with E-state index in [-0.39, 0.29) is 17.8 Å². The second kappa shape index (κ2) is 5.85. The van der Waals surface area contributed by atoms with Crippen molar-refractivity contribution < 1.29 is 13.2 Å². The molecule has 0 amide bonds. The van der Waals surface area contributed by atoms with E-state index >= 15 is 0 Å². The third-order valence-corrected chi connectivity index (χ3v) is 3.75. The summed E-state index contributed by atoms with van der Waals surface area (Å²) in [5.74, 6) is 0. The van der Waals surface area contributed by atoms with Crippen molar-refractivity contribution in [3.63, 3.8) is 0 Å². The molecule has 0 unspecified atom stereocenters. The monoisotopic (exact) mass is 300 g/mol. The molecule has 2 rings (SSSR count). The van der Waals surface area contributed by atoms with Gasteiger partial charge < -0.3 is 5.73 Å². The Morgan fingerprint density at radius 1 is 1.20 bits per heavy atom.